The standard InChI is InChI=1S/C22H22N4O5S/c27-18(24-8-10-25(11-9-24)19(28)17-6-3-13-32-17)14-26-20(29)22(23-21(26)30)7-12-31-16-5-2-1-4-15(16)22/h1-6,13H,7-12,14H2,(H,23,30)/t22-/m0/s1. The lowest BCUT2D eigenvalue weighted by Crippen LogP contribution is -2.53. The summed E-state index contributed by atoms with van der Waals surface area (Å²) in [5, 5.41) is 4.66. The van der Waals surface area contributed by atoms with Crippen molar-refractivity contribution in [1.29, 1.82) is 0 Å². The van der Waals surface area contributed by atoms with E-state index in [-0.39, 0.29) is 18.4 Å². The van der Waals surface area contributed by atoms with E-state index in [1.165, 1.54) is 11.3 Å². The molecule has 0 bridgehead atoms. The summed E-state index contributed by atoms with van der Waals surface area (Å²) in [5.41, 5.74) is -0.585. The monoisotopic (exact) mass is 454 g/mol. The number of urea groups is 1. The van der Waals surface area contributed by atoms with Crippen molar-refractivity contribution in [1.82, 2.24) is 20.0 Å². The Labute approximate surface area is 188 Å². The van der Waals surface area contributed by atoms with Crippen molar-refractivity contribution in [3.63, 3.8) is 0 Å². The van der Waals surface area contributed by atoms with E-state index in [2.05, 4.69) is 5.32 Å². The van der Waals surface area contributed by atoms with Crippen molar-refractivity contribution in [2.45, 2.75) is 12.0 Å². The van der Waals surface area contributed by atoms with E-state index >= 15 is 0 Å². The number of nitrogens with zero attached hydrogens (tertiary/aromatic N) is 3. The summed E-state index contributed by atoms with van der Waals surface area (Å²) in [6, 6.07) is 10.2. The average molecular weight is 455 g/mol. The summed E-state index contributed by atoms with van der Waals surface area (Å²) >= 11 is 1.39. The molecule has 2 aromatic rings. The number of carbonyl (C=O) groups is 4. The maximum Gasteiger partial charge on any atom is 0.325 e. The van der Waals surface area contributed by atoms with Gasteiger partial charge in [-0.05, 0) is 17.5 Å². The van der Waals surface area contributed by atoms with E-state index < -0.39 is 17.5 Å². The summed E-state index contributed by atoms with van der Waals surface area (Å²) < 4.78 is 5.63. The Morgan fingerprint density at radius 1 is 1.03 bits per heavy atom. The molecular weight excluding hydrogens is 432 g/mol. The van der Waals surface area contributed by atoms with Crippen molar-refractivity contribution in [3.8, 4) is 5.75 Å². The van der Waals surface area contributed by atoms with Crippen molar-refractivity contribution in [2.75, 3.05) is 39.3 Å². The lowest BCUT2D eigenvalue weighted by Gasteiger charge is -2.35. The predicted octanol–water partition coefficient (Wildman–Crippen LogP) is 1.26. The predicted molar refractivity (Wildman–Crippen MR) is 115 cm³/mol. The van der Waals surface area contributed by atoms with Gasteiger partial charge >= 0.3 is 6.03 Å². The summed E-state index contributed by atoms with van der Waals surface area (Å²) in [4.78, 5) is 56.4. The number of fused-ring (bicyclic) bond motifs is 2. The van der Waals surface area contributed by atoms with Gasteiger partial charge in [-0.25, -0.2) is 4.79 Å². The summed E-state index contributed by atoms with van der Waals surface area (Å²) in [5.74, 6) is -0.222. The number of imide groups is 1. The number of ether oxygens (including phenoxy) is 1. The Morgan fingerprint density at radius 3 is 2.53 bits per heavy atom. The van der Waals surface area contributed by atoms with Gasteiger partial charge in [-0.2, -0.15) is 0 Å². The van der Waals surface area contributed by atoms with Crippen molar-refractivity contribution >= 4 is 35.1 Å². The lowest BCUT2D eigenvalue weighted by atomic mass is 9.84. The van der Waals surface area contributed by atoms with Crippen molar-refractivity contribution in [3.05, 3.63) is 52.2 Å². The number of rotatable bonds is 3. The summed E-state index contributed by atoms with van der Waals surface area (Å²) in [6.07, 6.45) is 0.308. The van der Waals surface area contributed by atoms with E-state index in [0.717, 1.165) is 4.90 Å². The highest BCUT2D eigenvalue weighted by atomic mass is 32.1. The van der Waals surface area contributed by atoms with Crippen LogP contribution in [0, 0.1) is 0 Å². The number of carbonyl (C=O) groups excluding carboxylic acids is 4. The zero-order chi connectivity index (χ0) is 22.3. The maximum absolute atomic E-state index is 13.3. The number of amides is 5. The van der Waals surface area contributed by atoms with Crippen LogP contribution in [-0.2, 0) is 15.1 Å². The highest BCUT2D eigenvalue weighted by Gasteiger charge is 2.55. The molecule has 10 heteroatoms. The number of hydrogen-bond acceptors (Lipinski definition) is 6. The van der Waals surface area contributed by atoms with E-state index in [0.29, 0.717) is 55.4 Å². The molecule has 166 valence electrons. The summed E-state index contributed by atoms with van der Waals surface area (Å²) in [7, 11) is 0. The third kappa shape index (κ3) is 3.31. The van der Waals surface area contributed by atoms with Gasteiger partial charge in [0.15, 0.2) is 5.54 Å². The summed E-state index contributed by atoms with van der Waals surface area (Å²) in [6.45, 7) is 1.52. The van der Waals surface area contributed by atoms with Crippen LogP contribution >= 0.6 is 11.3 Å². The van der Waals surface area contributed by atoms with Crippen LogP contribution in [-0.4, -0.2) is 77.8 Å². The second-order valence-corrected chi connectivity index (χ2v) is 8.92. The molecule has 0 radical (unpaired) electrons. The van der Waals surface area contributed by atoms with Gasteiger partial charge in [0.1, 0.15) is 12.3 Å². The number of piperazine rings is 1. The molecule has 5 rings (SSSR count). The number of benzene rings is 1. The first-order valence-corrected chi connectivity index (χ1v) is 11.3. The molecule has 1 atom stereocenters. The SMILES string of the molecule is O=C(CN1C(=O)N[C@]2(CCOc3ccccc32)C1=O)N1CCN(C(=O)c2cccs2)CC1. The van der Waals surface area contributed by atoms with Crippen LogP contribution < -0.4 is 10.1 Å². The Balaban J connectivity index is 1.25. The van der Waals surface area contributed by atoms with Crippen molar-refractivity contribution < 1.29 is 23.9 Å². The lowest BCUT2D eigenvalue weighted by molar-refractivity contribution is -0.140. The largest absolute Gasteiger partial charge is 0.493 e. The molecule has 3 aliphatic rings. The Bertz CT molecular complexity index is 1080. The van der Waals surface area contributed by atoms with Gasteiger partial charge < -0.3 is 19.9 Å². The molecule has 1 aromatic carbocycles. The minimum atomic E-state index is -1.20. The molecule has 0 aliphatic carbocycles. The molecule has 1 aromatic heterocycles. The zero-order valence-electron chi connectivity index (χ0n) is 17.3. The van der Waals surface area contributed by atoms with Gasteiger partial charge in [0, 0.05) is 38.2 Å². The van der Waals surface area contributed by atoms with Gasteiger partial charge in [-0.1, -0.05) is 24.3 Å². The molecule has 2 saturated heterocycles. The molecule has 1 N–H and O–H groups in total. The molecular formula is C22H22N4O5S. The average Bonchev–Trinajstić information content (AvgIpc) is 3.43. The van der Waals surface area contributed by atoms with Crippen LogP contribution in [0.2, 0.25) is 0 Å². The topological polar surface area (TPSA) is 99.3 Å². The maximum atomic E-state index is 13.3. The number of para-hydroxylation sites is 1. The first-order valence-electron chi connectivity index (χ1n) is 10.5. The Kier molecular flexibility index (Phi) is 5.09. The number of thiophene rings is 1. The van der Waals surface area contributed by atoms with E-state index in [1.807, 2.05) is 17.5 Å². The highest BCUT2D eigenvalue weighted by molar-refractivity contribution is 7.12. The molecule has 9 nitrogen and oxygen atoms in total. The minimum absolute atomic E-state index is 0.0404. The van der Waals surface area contributed by atoms with Gasteiger partial charge in [-0.15, -0.1) is 11.3 Å². The van der Waals surface area contributed by atoms with Crippen LogP contribution in [0.4, 0.5) is 4.79 Å². The third-order valence-corrected chi connectivity index (χ3v) is 7.06. The fraction of sp³-hybridized carbons (Fsp3) is 0.364. The first kappa shape index (κ1) is 20.5. The molecule has 3 aliphatic heterocycles. The first-order chi connectivity index (χ1) is 15.5. The second-order valence-electron chi connectivity index (χ2n) is 7.97. The molecule has 1 spiro atoms. The van der Waals surface area contributed by atoms with Gasteiger partial charge in [0.25, 0.3) is 11.8 Å². The van der Waals surface area contributed by atoms with Crippen LogP contribution in [0.1, 0.15) is 21.7 Å². The van der Waals surface area contributed by atoms with Crippen molar-refractivity contribution in [2.24, 2.45) is 0 Å². The minimum Gasteiger partial charge on any atom is -0.493 e. The van der Waals surface area contributed by atoms with E-state index in [1.54, 1.807) is 34.1 Å². The smallest absolute Gasteiger partial charge is 0.325 e. The third-order valence-electron chi connectivity index (χ3n) is 6.20. The fourth-order valence-corrected chi connectivity index (χ4v) is 5.16. The Hall–Kier alpha value is -3.40. The normalized spacial score (nSPS) is 22.6. The van der Waals surface area contributed by atoms with Gasteiger partial charge in [-0.3, -0.25) is 19.3 Å². The number of hydrogen-bond donors (Lipinski definition) is 1. The highest BCUT2D eigenvalue weighted by Crippen LogP contribution is 2.40. The second kappa shape index (κ2) is 7.94. The van der Waals surface area contributed by atoms with Crippen LogP contribution in [0.15, 0.2) is 41.8 Å². The molecule has 5 amide bonds. The van der Waals surface area contributed by atoms with Gasteiger partial charge in [0.2, 0.25) is 5.91 Å². The number of nitrogens with one attached hydrogen (secondary N) is 1. The van der Waals surface area contributed by atoms with E-state index in [9.17, 15) is 19.2 Å². The molecule has 32 heavy (non-hydrogen) atoms. The molecule has 0 unspecified atom stereocenters. The zero-order valence-corrected chi connectivity index (χ0v) is 18.1. The van der Waals surface area contributed by atoms with Gasteiger partial charge in [0.05, 0.1) is 11.5 Å². The fourth-order valence-electron chi connectivity index (χ4n) is 4.47. The quantitative estimate of drug-likeness (QED) is 0.704. The van der Waals surface area contributed by atoms with Crippen LogP contribution in [0.3, 0.4) is 0 Å². The molecule has 4 heterocycles. The van der Waals surface area contributed by atoms with E-state index in [4.69, 9.17) is 4.74 Å². The Morgan fingerprint density at radius 2 is 1.78 bits per heavy atom. The van der Waals surface area contributed by atoms with Crippen LogP contribution in [0.25, 0.3) is 0 Å². The molecule has 0 saturated carbocycles. The molecule has 2 fully saturated rings. The van der Waals surface area contributed by atoms with Crippen LogP contribution in [0.5, 0.6) is 5.75 Å².